The Labute approximate surface area is 218 Å². The van der Waals surface area contributed by atoms with Gasteiger partial charge in [0.05, 0.1) is 18.1 Å². The summed E-state index contributed by atoms with van der Waals surface area (Å²) < 4.78 is 58.3. The first-order valence-corrected chi connectivity index (χ1v) is 12.6. The van der Waals surface area contributed by atoms with E-state index in [0.29, 0.717) is 54.8 Å². The third-order valence-electron chi connectivity index (χ3n) is 7.63. The molecule has 0 N–H and O–H groups in total. The minimum atomic E-state index is -4.68. The van der Waals surface area contributed by atoms with E-state index in [1.54, 1.807) is 25.6 Å². The summed E-state index contributed by atoms with van der Waals surface area (Å²) in [7, 11) is 3.35. The molecule has 1 aliphatic heterocycles. The highest BCUT2D eigenvalue weighted by atomic mass is 19.4. The average molecular weight is 534 g/mol. The van der Waals surface area contributed by atoms with E-state index in [9.17, 15) is 27.6 Å². The van der Waals surface area contributed by atoms with Gasteiger partial charge in [-0.25, -0.2) is 14.2 Å². The van der Waals surface area contributed by atoms with E-state index in [0.717, 1.165) is 6.07 Å². The Balaban J connectivity index is 1.77. The monoisotopic (exact) mass is 533 g/mol. The Hall–Kier alpha value is -3.46. The van der Waals surface area contributed by atoms with Crippen LogP contribution >= 0.6 is 0 Å². The predicted octanol–water partition coefficient (Wildman–Crippen LogP) is 4.33. The van der Waals surface area contributed by atoms with Crippen LogP contribution in [0.5, 0.6) is 0 Å². The highest BCUT2D eigenvalue weighted by Gasteiger charge is 2.41. The summed E-state index contributed by atoms with van der Waals surface area (Å²) in [6.45, 7) is 6.49. The number of nitriles is 1. The van der Waals surface area contributed by atoms with Gasteiger partial charge in [-0.05, 0) is 37.5 Å². The topological polar surface area (TPSA) is 83.0 Å². The molecule has 12 heteroatoms. The molecule has 0 spiro atoms. The number of anilines is 1. The van der Waals surface area contributed by atoms with E-state index in [1.165, 1.54) is 10.6 Å². The van der Waals surface area contributed by atoms with Crippen LogP contribution < -0.4 is 10.6 Å². The maximum atomic E-state index is 13.8. The van der Waals surface area contributed by atoms with Crippen molar-refractivity contribution in [1.29, 1.82) is 5.26 Å². The Bertz CT molecular complexity index is 1440. The van der Waals surface area contributed by atoms with Crippen LogP contribution in [0.2, 0.25) is 0 Å². The average Bonchev–Trinajstić information content (AvgIpc) is 3.20. The van der Waals surface area contributed by atoms with Crippen molar-refractivity contribution in [2.24, 2.45) is 14.1 Å². The van der Waals surface area contributed by atoms with Crippen LogP contribution in [0.15, 0.2) is 23.0 Å². The van der Waals surface area contributed by atoms with E-state index >= 15 is 0 Å². The first-order valence-electron chi connectivity index (χ1n) is 12.6. The van der Waals surface area contributed by atoms with Crippen molar-refractivity contribution in [1.82, 2.24) is 24.0 Å². The highest BCUT2D eigenvalue weighted by Crippen LogP contribution is 2.39. The molecule has 0 bridgehead atoms. The molecular weight excluding hydrogens is 502 g/mol. The summed E-state index contributed by atoms with van der Waals surface area (Å²) in [5.74, 6) is -0.00297. The second-order valence-corrected chi connectivity index (χ2v) is 9.75. The fourth-order valence-electron chi connectivity index (χ4n) is 5.54. The quantitative estimate of drug-likeness (QED) is 0.439. The molecule has 1 saturated heterocycles. The van der Waals surface area contributed by atoms with Crippen molar-refractivity contribution < 1.29 is 17.6 Å². The second kappa shape index (κ2) is 10.4. The van der Waals surface area contributed by atoms with Crippen LogP contribution in [0, 0.1) is 17.1 Å². The van der Waals surface area contributed by atoms with Crippen LogP contribution in [-0.4, -0.2) is 49.2 Å². The number of aryl methyl sites for hydroxylation is 2. The lowest BCUT2D eigenvalue weighted by Crippen LogP contribution is -2.59. The summed E-state index contributed by atoms with van der Waals surface area (Å²) in [5.41, 5.74) is -0.346. The molecule has 3 heterocycles. The number of rotatable bonds is 6. The lowest BCUT2D eigenvalue weighted by Gasteiger charge is -2.49. The Morgan fingerprint density at radius 1 is 1.11 bits per heavy atom. The number of fused-ring (bicyclic) bond motifs is 1. The number of piperazine rings is 1. The summed E-state index contributed by atoms with van der Waals surface area (Å²) in [5, 5.41) is 9.22. The molecule has 4 rings (SSSR count). The van der Waals surface area contributed by atoms with Gasteiger partial charge in [-0.1, -0.05) is 19.9 Å². The number of alkyl halides is 3. The van der Waals surface area contributed by atoms with Gasteiger partial charge in [0.25, 0.3) is 0 Å². The molecule has 1 fully saturated rings. The minimum absolute atomic E-state index is 0.0284. The summed E-state index contributed by atoms with van der Waals surface area (Å²) in [6.07, 6.45) is -3.33. The number of nitrogens with zero attached hydrogens (tertiary/aromatic N) is 7. The smallest absolute Gasteiger partial charge is 0.349 e. The molecule has 0 saturated carbocycles. The van der Waals surface area contributed by atoms with E-state index in [2.05, 4.69) is 16.0 Å². The molecule has 204 valence electrons. The first-order chi connectivity index (χ1) is 17.9. The number of imidazole rings is 1. The van der Waals surface area contributed by atoms with Crippen molar-refractivity contribution in [3.05, 3.63) is 51.5 Å². The summed E-state index contributed by atoms with van der Waals surface area (Å²) in [6, 6.07) is 3.98. The van der Waals surface area contributed by atoms with Crippen LogP contribution in [0.1, 0.15) is 56.6 Å². The van der Waals surface area contributed by atoms with Crippen molar-refractivity contribution >= 4 is 17.0 Å². The van der Waals surface area contributed by atoms with E-state index in [-0.39, 0.29) is 24.1 Å². The number of aromatic nitrogens is 4. The van der Waals surface area contributed by atoms with Gasteiger partial charge in [0.15, 0.2) is 5.82 Å². The van der Waals surface area contributed by atoms with Crippen molar-refractivity contribution in [2.45, 2.75) is 64.3 Å². The molecule has 0 amide bonds. The minimum Gasteiger partial charge on any atom is -0.349 e. The lowest BCUT2D eigenvalue weighted by molar-refractivity contribution is -0.139. The molecule has 1 unspecified atom stereocenters. The van der Waals surface area contributed by atoms with Gasteiger partial charge in [-0.2, -0.15) is 23.4 Å². The van der Waals surface area contributed by atoms with Gasteiger partial charge in [0.1, 0.15) is 22.8 Å². The summed E-state index contributed by atoms with van der Waals surface area (Å²) in [4.78, 5) is 25.9. The van der Waals surface area contributed by atoms with Crippen molar-refractivity contribution in [3.8, 4) is 6.07 Å². The van der Waals surface area contributed by atoms with Crippen LogP contribution in [0.4, 0.5) is 23.4 Å². The molecular formula is C26H31F4N7O. The normalized spacial score (nSPS) is 19.6. The third kappa shape index (κ3) is 4.75. The summed E-state index contributed by atoms with van der Waals surface area (Å²) >= 11 is 0. The Kier molecular flexibility index (Phi) is 7.52. The second-order valence-electron chi connectivity index (χ2n) is 9.75. The molecule has 0 radical (unpaired) electrons. The molecule has 3 atom stereocenters. The highest BCUT2D eigenvalue weighted by molar-refractivity contribution is 5.84. The fraction of sp³-hybridized carbons (Fsp3) is 0.538. The van der Waals surface area contributed by atoms with Gasteiger partial charge in [-0.3, -0.25) is 9.47 Å². The maximum Gasteiger partial charge on any atom is 0.416 e. The largest absolute Gasteiger partial charge is 0.416 e. The number of hydrogen-bond acceptors (Lipinski definition) is 6. The molecule has 1 aromatic carbocycles. The van der Waals surface area contributed by atoms with E-state index in [4.69, 9.17) is 0 Å². The zero-order chi connectivity index (χ0) is 27.9. The molecule has 0 aliphatic carbocycles. The number of halogens is 4. The fourth-order valence-corrected chi connectivity index (χ4v) is 5.54. The Morgan fingerprint density at radius 3 is 2.39 bits per heavy atom. The van der Waals surface area contributed by atoms with E-state index < -0.39 is 29.3 Å². The molecule has 38 heavy (non-hydrogen) atoms. The standard InChI is InChI=1S/C26H31F4N7O/c1-6-17-14-37(23-22-24(35(5)25(38)33-23)34(4)21(32-22)10-11-31)18(7-2)13-36(17)15(3)19-9-8-16(27)12-20(19)26(28,29)30/h8-9,12,15,17-18H,6-7,10,13-14H2,1-5H3/t15?,17-,18+/m1/s1. The van der Waals surface area contributed by atoms with Crippen LogP contribution in [0.3, 0.4) is 0 Å². The maximum absolute atomic E-state index is 13.8. The first kappa shape index (κ1) is 27.6. The Morgan fingerprint density at radius 2 is 1.79 bits per heavy atom. The van der Waals surface area contributed by atoms with Gasteiger partial charge in [-0.15, -0.1) is 0 Å². The van der Waals surface area contributed by atoms with Gasteiger partial charge in [0.2, 0.25) is 0 Å². The van der Waals surface area contributed by atoms with Gasteiger partial charge in [0, 0.05) is 45.3 Å². The van der Waals surface area contributed by atoms with E-state index in [1.807, 2.05) is 23.6 Å². The number of hydrogen-bond donors (Lipinski definition) is 0. The lowest BCUT2D eigenvalue weighted by atomic mass is 9.94. The van der Waals surface area contributed by atoms with Crippen LogP contribution in [0.25, 0.3) is 11.2 Å². The zero-order valence-corrected chi connectivity index (χ0v) is 22.1. The van der Waals surface area contributed by atoms with Crippen LogP contribution in [-0.2, 0) is 26.7 Å². The molecule has 8 nitrogen and oxygen atoms in total. The van der Waals surface area contributed by atoms with Gasteiger partial charge < -0.3 is 9.47 Å². The third-order valence-corrected chi connectivity index (χ3v) is 7.63. The van der Waals surface area contributed by atoms with Gasteiger partial charge >= 0.3 is 11.9 Å². The van der Waals surface area contributed by atoms with Crippen molar-refractivity contribution in [2.75, 3.05) is 18.0 Å². The number of benzene rings is 1. The SMILES string of the molecule is CC[C@H]1CN(C(C)c2ccc(F)cc2C(F)(F)F)[C@H](CC)CN1c1nc(=O)n(C)c2c1nc(CC#N)n2C. The van der Waals surface area contributed by atoms with Crippen molar-refractivity contribution in [3.63, 3.8) is 0 Å². The zero-order valence-electron chi connectivity index (χ0n) is 22.1. The molecule has 3 aromatic rings. The molecule has 2 aromatic heterocycles. The molecule has 1 aliphatic rings. The predicted molar refractivity (Wildman–Crippen MR) is 135 cm³/mol.